The lowest BCUT2D eigenvalue weighted by atomic mass is 10.0. The molecule has 0 aliphatic carbocycles. The van der Waals surface area contributed by atoms with E-state index in [-0.39, 0.29) is 18.5 Å². The Hall–Kier alpha value is -2.45. The van der Waals surface area contributed by atoms with Crippen LogP contribution in [-0.2, 0) is 21.4 Å². The second kappa shape index (κ2) is 9.43. The van der Waals surface area contributed by atoms with Crippen LogP contribution < -0.4 is 4.90 Å². The van der Waals surface area contributed by atoms with Crippen LogP contribution in [0, 0.1) is 12.7 Å². The Morgan fingerprint density at radius 2 is 1.70 bits per heavy atom. The van der Waals surface area contributed by atoms with Crippen molar-refractivity contribution in [3.63, 3.8) is 0 Å². The fourth-order valence-electron chi connectivity index (χ4n) is 4.77. The molecule has 2 aliphatic heterocycles. The Bertz CT molecular complexity index is 1110. The van der Waals surface area contributed by atoms with Crippen LogP contribution in [0.1, 0.15) is 48.6 Å². The molecule has 33 heavy (non-hydrogen) atoms. The first-order valence-corrected chi connectivity index (χ1v) is 13.0. The van der Waals surface area contributed by atoms with Gasteiger partial charge in [0.15, 0.2) is 0 Å². The lowest BCUT2D eigenvalue weighted by molar-refractivity contribution is -0.129. The van der Waals surface area contributed by atoms with Crippen LogP contribution in [-0.4, -0.2) is 55.8 Å². The molecule has 2 saturated heterocycles. The van der Waals surface area contributed by atoms with E-state index in [4.69, 9.17) is 0 Å². The molecule has 2 unspecified atom stereocenters. The number of rotatable bonds is 4. The zero-order chi connectivity index (χ0) is 23.8. The van der Waals surface area contributed by atoms with Crippen molar-refractivity contribution >= 4 is 21.6 Å². The molecule has 0 N–H and O–H groups in total. The molecule has 8 heteroatoms. The van der Waals surface area contributed by atoms with E-state index in [0.717, 1.165) is 23.2 Å². The van der Waals surface area contributed by atoms with Gasteiger partial charge >= 0.3 is 0 Å². The van der Waals surface area contributed by atoms with Gasteiger partial charge in [-0.3, -0.25) is 4.79 Å². The van der Waals surface area contributed by atoms with Gasteiger partial charge in [-0.2, -0.15) is 4.31 Å². The Balaban J connectivity index is 1.51. The molecule has 0 spiro atoms. The van der Waals surface area contributed by atoms with Gasteiger partial charge in [0.25, 0.3) is 0 Å². The summed E-state index contributed by atoms with van der Waals surface area (Å²) in [5.41, 5.74) is 3.01. The number of carbonyl (C=O) groups excluding carboxylic acids is 1. The summed E-state index contributed by atoms with van der Waals surface area (Å²) >= 11 is 0. The van der Waals surface area contributed by atoms with Crippen LogP contribution >= 0.6 is 0 Å². The molecule has 0 radical (unpaired) electrons. The van der Waals surface area contributed by atoms with Crippen molar-refractivity contribution in [3.8, 4) is 0 Å². The predicted molar refractivity (Wildman–Crippen MR) is 128 cm³/mol. The summed E-state index contributed by atoms with van der Waals surface area (Å²) in [4.78, 5) is 15.4. The fraction of sp³-hybridized carbons (Fsp3) is 0.480. The zero-order valence-electron chi connectivity index (χ0n) is 19.5. The first-order valence-electron chi connectivity index (χ1n) is 11.5. The van der Waals surface area contributed by atoms with E-state index < -0.39 is 21.1 Å². The molecule has 2 aromatic rings. The van der Waals surface area contributed by atoms with Gasteiger partial charge in [-0.15, -0.1) is 0 Å². The Morgan fingerprint density at radius 3 is 2.30 bits per heavy atom. The molecule has 0 saturated carbocycles. The summed E-state index contributed by atoms with van der Waals surface area (Å²) in [7, 11) is -3.62. The normalized spacial score (nSPS) is 23.5. The molecule has 6 nitrogen and oxygen atoms in total. The van der Waals surface area contributed by atoms with Crippen molar-refractivity contribution in [3.05, 3.63) is 65.0 Å². The number of halogens is 1. The van der Waals surface area contributed by atoms with Crippen molar-refractivity contribution < 1.29 is 17.6 Å². The highest BCUT2D eigenvalue weighted by Gasteiger charge is 2.40. The highest BCUT2D eigenvalue weighted by Crippen LogP contribution is 2.38. The van der Waals surface area contributed by atoms with Crippen LogP contribution in [0.15, 0.2) is 42.5 Å². The number of piperazine rings is 1. The number of hydrogen-bond donors (Lipinski definition) is 0. The largest absolute Gasteiger partial charge is 0.368 e. The zero-order valence-corrected chi connectivity index (χ0v) is 20.3. The second-order valence-electron chi connectivity index (χ2n) is 9.18. The molecule has 2 aromatic carbocycles. The van der Waals surface area contributed by atoms with E-state index >= 15 is 4.39 Å². The first-order chi connectivity index (χ1) is 15.7. The maximum Gasteiger partial charge on any atom is 0.221 e. The topological polar surface area (TPSA) is 60.9 Å². The van der Waals surface area contributed by atoms with Crippen molar-refractivity contribution in [1.29, 1.82) is 0 Å². The maximum absolute atomic E-state index is 15.1. The smallest absolute Gasteiger partial charge is 0.221 e. The number of hydrogen-bond acceptors (Lipinski definition) is 4. The van der Waals surface area contributed by atoms with E-state index in [1.54, 1.807) is 17.9 Å². The summed E-state index contributed by atoms with van der Waals surface area (Å²) < 4.78 is 43.5. The number of sulfonamides is 1. The molecule has 2 aliphatic rings. The highest BCUT2D eigenvalue weighted by atomic mass is 32.2. The summed E-state index contributed by atoms with van der Waals surface area (Å²) in [6, 6.07) is 12.5. The molecular weight excluding hydrogens is 441 g/mol. The van der Waals surface area contributed by atoms with Crippen molar-refractivity contribution in [1.82, 2.24) is 9.21 Å². The van der Waals surface area contributed by atoms with Gasteiger partial charge in [-0.05, 0) is 44.4 Å². The van der Waals surface area contributed by atoms with Crippen LogP contribution in [0.3, 0.4) is 0 Å². The minimum atomic E-state index is -3.62. The van der Waals surface area contributed by atoms with Crippen LogP contribution in [0.5, 0.6) is 0 Å². The standard InChI is InChI=1S/C25H32FN3O3S/c1-18-4-7-21(8-5-18)25-11-6-19(2)29(33(25,31)32)17-22-9-10-23(16-24(22)26)28-14-12-27(13-15-28)20(3)30/h4-5,7-10,16,19,25H,6,11-15,17H2,1-3H3. The van der Waals surface area contributed by atoms with Gasteiger partial charge in [0.05, 0.1) is 0 Å². The van der Waals surface area contributed by atoms with E-state index in [0.29, 0.717) is 38.2 Å². The molecule has 2 fully saturated rings. The molecular formula is C25H32FN3O3S. The van der Waals surface area contributed by atoms with Crippen molar-refractivity contribution in [2.24, 2.45) is 0 Å². The lowest BCUT2D eigenvalue weighted by Crippen LogP contribution is -2.48. The number of anilines is 1. The van der Waals surface area contributed by atoms with E-state index in [1.807, 2.05) is 44.2 Å². The van der Waals surface area contributed by atoms with Gasteiger partial charge in [-0.25, -0.2) is 12.8 Å². The van der Waals surface area contributed by atoms with Crippen molar-refractivity contribution in [2.75, 3.05) is 31.1 Å². The third kappa shape index (κ3) is 4.92. The molecule has 0 aromatic heterocycles. The average Bonchev–Trinajstić information content (AvgIpc) is 2.78. The minimum Gasteiger partial charge on any atom is -0.368 e. The molecule has 4 rings (SSSR count). The summed E-state index contributed by atoms with van der Waals surface area (Å²) in [5, 5.41) is -0.603. The summed E-state index contributed by atoms with van der Waals surface area (Å²) in [6.07, 6.45) is 1.30. The number of nitrogens with zero attached hydrogens (tertiary/aromatic N) is 3. The molecule has 178 valence electrons. The van der Waals surface area contributed by atoms with Gasteiger partial charge in [-0.1, -0.05) is 35.9 Å². The van der Waals surface area contributed by atoms with Crippen LogP contribution in [0.25, 0.3) is 0 Å². The second-order valence-corrected chi connectivity index (χ2v) is 11.3. The Labute approximate surface area is 196 Å². The Morgan fingerprint density at radius 1 is 1.03 bits per heavy atom. The van der Waals surface area contributed by atoms with E-state index in [1.165, 1.54) is 10.4 Å². The number of amides is 1. The monoisotopic (exact) mass is 473 g/mol. The predicted octanol–water partition coefficient (Wildman–Crippen LogP) is 3.86. The van der Waals surface area contributed by atoms with Gasteiger partial charge in [0.2, 0.25) is 15.9 Å². The van der Waals surface area contributed by atoms with Gasteiger partial charge in [0, 0.05) is 56.9 Å². The average molecular weight is 474 g/mol. The molecule has 2 atom stereocenters. The number of benzene rings is 2. The van der Waals surface area contributed by atoms with E-state index in [9.17, 15) is 13.2 Å². The lowest BCUT2D eigenvalue weighted by Gasteiger charge is -2.38. The minimum absolute atomic E-state index is 0.0239. The summed E-state index contributed by atoms with van der Waals surface area (Å²) in [6.45, 7) is 7.97. The SMILES string of the molecule is CC(=O)N1CCN(c2ccc(CN3C(C)CCC(c4ccc(C)cc4)S3(=O)=O)c(F)c2)CC1. The fourth-order valence-corrected chi connectivity index (χ4v) is 6.96. The number of carbonyl (C=O) groups is 1. The Kier molecular flexibility index (Phi) is 6.77. The van der Waals surface area contributed by atoms with Crippen LogP contribution in [0.2, 0.25) is 0 Å². The number of aryl methyl sites for hydroxylation is 1. The van der Waals surface area contributed by atoms with Crippen molar-refractivity contribution in [2.45, 2.75) is 51.4 Å². The third-order valence-corrected chi connectivity index (χ3v) is 9.30. The maximum atomic E-state index is 15.1. The third-order valence-electron chi connectivity index (χ3n) is 6.93. The van der Waals surface area contributed by atoms with Gasteiger partial charge in [0.1, 0.15) is 11.1 Å². The molecule has 1 amide bonds. The first kappa shape index (κ1) is 23.7. The highest BCUT2D eigenvalue weighted by molar-refractivity contribution is 7.89. The van der Waals surface area contributed by atoms with Crippen LogP contribution in [0.4, 0.5) is 10.1 Å². The van der Waals surface area contributed by atoms with E-state index in [2.05, 4.69) is 4.90 Å². The molecule has 0 bridgehead atoms. The quantitative estimate of drug-likeness (QED) is 0.677. The summed E-state index contributed by atoms with van der Waals surface area (Å²) in [5.74, 6) is -0.349. The van der Waals surface area contributed by atoms with Gasteiger partial charge < -0.3 is 9.80 Å². The molecule has 2 heterocycles.